The SMILES string of the molecule is Cc1nc(NC(=S)N[C@@H](C)c2ccccc2)c(Cl)cc1Cl. The number of aryl methyl sites for hydroxylation is 1. The topological polar surface area (TPSA) is 37.0 Å². The van der Waals surface area contributed by atoms with Gasteiger partial charge in [0, 0.05) is 0 Å². The van der Waals surface area contributed by atoms with Gasteiger partial charge in [0.15, 0.2) is 10.9 Å². The Morgan fingerprint density at radius 3 is 2.52 bits per heavy atom. The number of anilines is 1. The first-order valence-corrected chi connectivity index (χ1v) is 7.59. The highest BCUT2D eigenvalue weighted by Crippen LogP contribution is 2.25. The Kier molecular flexibility index (Phi) is 5.39. The van der Waals surface area contributed by atoms with E-state index in [0.717, 1.165) is 5.56 Å². The van der Waals surface area contributed by atoms with E-state index in [4.69, 9.17) is 35.4 Å². The first kappa shape index (κ1) is 16.0. The molecule has 110 valence electrons. The van der Waals surface area contributed by atoms with Gasteiger partial charge >= 0.3 is 0 Å². The van der Waals surface area contributed by atoms with Crippen LogP contribution in [0.15, 0.2) is 36.4 Å². The van der Waals surface area contributed by atoms with E-state index in [1.165, 1.54) is 0 Å². The molecule has 1 aromatic heterocycles. The molecule has 0 aliphatic carbocycles. The minimum atomic E-state index is 0.0818. The average molecular weight is 340 g/mol. The maximum atomic E-state index is 6.10. The molecule has 0 saturated heterocycles. The predicted molar refractivity (Wildman–Crippen MR) is 93.2 cm³/mol. The first-order valence-electron chi connectivity index (χ1n) is 6.42. The van der Waals surface area contributed by atoms with Gasteiger partial charge in [0.2, 0.25) is 0 Å². The van der Waals surface area contributed by atoms with E-state index in [9.17, 15) is 0 Å². The summed E-state index contributed by atoms with van der Waals surface area (Å²) >= 11 is 17.4. The zero-order chi connectivity index (χ0) is 15.4. The number of hydrogen-bond donors (Lipinski definition) is 2. The third-order valence-electron chi connectivity index (χ3n) is 2.98. The third kappa shape index (κ3) is 4.30. The first-order chi connectivity index (χ1) is 9.97. The van der Waals surface area contributed by atoms with Crippen molar-refractivity contribution in [2.24, 2.45) is 0 Å². The van der Waals surface area contributed by atoms with Crippen LogP contribution in [-0.4, -0.2) is 10.1 Å². The van der Waals surface area contributed by atoms with Crippen LogP contribution >= 0.6 is 35.4 Å². The van der Waals surface area contributed by atoms with Gasteiger partial charge in [0.05, 0.1) is 21.8 Å². The smallest absolute Gasteiger partial charge is 0.172 e. The van der Waals surface area contributed by atoms with Gasteiger partial charge < -0.3 is 10.6 Å². The van der Waals surface area contributed by atoms with Crippen LogP contribution in [0.4, 0.5) is 5.82 Å². The molecule has 0 radical (unpaired) electrons. The Morgan fingerprint density at radius 1 is 1.19 bits per heavy atom. The molecule has 1 aromatic carbocycles. The number of rotatable bonds is 3. The van der Waals surface area contributed by atoms with E-state index in [2.05, 4.69) is 15.6 Å². The minimum absolute atomic E-state index is 0.0818. The fourth-order valence-electron chi connectivity index (χ4n) is 1.81. The molecule has 1 atom stereocenters. The van der Waals surface area contributed by atoms with Crippen molar-refractivity contribution >= 4 is 46.4 Å². The van der Waals surface area contributed by atoms with Crippen molar-refractivity contribution in [1.82, 2.24) is 10.3 Å². The van der Waals surface area contributed by atoms with Crippen molar-refractivity contribution in [1.29, 1.82) is 0 Å². The molecule has 0 saturated carbocycles. The van der Waals surface area contributed by atoms with E-state index >= 15 is 0 Å². The molecule has 2 rings (SSSR count). The van der Waals surface area contributed by atoms with E-state index in [-0.39, 0.29) is 6.04 Å². The highest BCUT2D eigenvalue weighted by molar-refractivity contribution is 7.80. The van der Waals surface area contributed by atoms with Crippen molar-refractivity contribution in [3.8, 4) is 0 Å². The monoisotopic (exact) mass is 339 g/mol. The second-order valence-electron chi connectivity index (χ2n) is 4.62. The summed E-state index contributed by atoms with van der Waals surface area (Å²) in [5, 5.41) is 7.62. The van der Waals surface area contributed by atoms with Crippen LogP contribution in [0.3, 0.4) is 0 Å². The zero-order valence-electron chi connectivity index (χ0n) is 11.7. The second kappa shape index (κ2) is 7.07. The quantitative estimate of drug-likeness (QED) is 0.791. The summed E-state index contributed by atoms with van der Waals surface area (Å²) in [6, 6.07) is 11.8. The average Bonchev–Trinajstić information content (AvgIpc) is 2.45. The minimum Gasteiger partial charge on any atom is -0.356 e. The molecule has 3 nitrogen and oxygen atoms in total. The summed E-state index contributed by atoms with van der Waals surface area (Å²) in [5.41, 5.74) is 1.84. The van der Waals surface area contributed by atoms with Crippen molar-refractivity contribution in [2.75, 3.05) is 5.32 Å². The predicted octanol–water partition coefficient (Wildman–Crippen LogP) is 4.74. The number of nitrogens with zero attached hydrogens (tertiary/aromatic N) is 1. The number of aromatic nitrogens is 1. The van der Waals surface area contributed by atoms with Gasteiger partial charge in [0.25, 0.3) is 0 Å². The third-order valence-corrected chi connectivity index (χ3v) is 3.87. The van der Waals surface area contributed by atoms with Crippen LogP contribution in [0.5, 0.6) is 0 Å². The molecule has 2 N–H and O–H groups in total. The Hall–Kier alpha value is -1.36. The van der Waals surface area contributed by atoms with Gasteiger partial charge in [-0.3, -0.25) is 0 Å². The Bertz CT molecular complexity index is 647. The van der Waals surface area contributed by atoms with Crippen molar-refractivity contribution in [2.45, 2.75) is 19.9 Å². The van der Waals surface area contributed by atoms with Gasteiger partial charge in [-0.1, -0.05) is 53.5 Å². The number of hydrogen-bond acceptors (Lipinski definition) is 2. The molecule has 0 aliphatic rings. The lowest BCUT2D eigenvalue weighted by atomic mass is 10.1. The number of pyridine rings is 1. The lowest BCUT2D eigenvalue weighted by Crippen LogP contribution is -2.31. The fraction of sp³-hybridized carbons (Fsp3) is 0.200. The summed E-state index contributed by atoms with van der Waals surface area (Å²) in [6.45, 7) is 3.85. The van der Waals surface area contributed by atoms with Crippen LogP contribution in [0.25, 0.3) is 0 Å². The standard InChI is InChI=1S/C15H15Cl2N3S/c1-9(11-6-4-3-5-7-11)19-15(21)20-14-13(17)8-12(16)10(2)18-14/h3-9H,1-2H3,(H2,18,19,20,21)/t9-/m0/s1. The van der Waals surface area contributed by atoms with Gasteiger partial charge in [-0.2, -0.15) is 0 Å². The highest BCUT2D eigenvalue weighted by Gasteiger charge is 2.10. The van der Waals surface area contributed by atoms with Gasteiger partial charge in [-0.05, 0) is 37.7 Å². The van der Waals surface area contributed by atoms with Crippen LogP contribution < -0.4 is 10.6 Å². The molecule has 0 bridgehead atoms. The molecule has 0 fully saturated rings. The molecule has 0 amide bonds. The van der Waals surface area contributed by atoms with Crippen molar-refractivity contribution in [3.63, 3.8) is 0 Å². The van der Waals surface area contributed by atoms with Crippen LogP contribution in [0, 0.1) is 6.92 Å². The number of halogens is 2. The van der Waals surface area contributed by atoms with E-state index in [0.29, 0.717) is 26.7 Å². The lowest BCUT2D eigenvalue weighted by Gasteiger charge is -2.17. The molecule has 0 unspecified atom stereocenters. The molecule has 1 heterocycles. The van der Waals surface area contributed by atoms with E-state index in [1.807, 2.05) is 44.2 Å². The summed E-state index contributed by atoms with van der Waals surface area (Å²) < 4.78 is 0. The Labute approximate surface area is 139 Å². The number of nitrogens with one attached hydrogen (secondary N) is 2. The highest BCUT2D eigenvalue weighted by atomic mass is 35.5. The molecule has 0 aliphatic heterocycles. The fourth-order valence-corrected chi connectivity index (χ4v) is 2.49. The summed E-state index contributed by atoms with van der Waals surface area (Å²) in [7, 11) is 0. The summed E-state index contributed by atoms with van der Waals surface area (Å²) in [6.07, 6.45) is 0. The van der Waals surface area contributed by atoms with Gasteiger partial charge in [-0.15, -0.1) is 0 Å². The molecule has 6 heteroatoms. The van der Waals surface area contributed by atoms with Crippen molar-refractivity contribution < 1.29 is 0 Å². The molecule has 21 heavy (non-hydrogen) atoms. The molecule has 0 spiro atoms. The van der Waals surface area contributed by atoms with Crippen LogP contribution in [0.2, 0.25) is 10.0 Å². The maximum absolute atomic E-state index is 6.10. The van der Waals surface area contributed by atoms with Crippen molar-refractivity contribution in [3.05, 3.63) is 57.7 Å². The van der Waals surface area contributed by atoms with Crippen LogP contribution in [0.1, 0.15) is 24.2 Å². The Morgan fingerprint density at radius 2 is 1.86 bits per heavy atom. The van der Waals surface area contributed by atoms with E-state index in [1.54, 1.807) is 6.07 Å². The van der Waals surface area contributed by atoms with Gasteiger partial charge in [-0.25, -0.2) is 4.98 Å². The summed E-state index contributed by atoms with van der Waals surface area (Å²) in [4.78, 5) is 4.29. The number of thiocarbonyl (C=S) groups is 1. The normalized spacial score (nSPS) is 11.8. The molecular formula is C15H15Cl2N3S. The second-order valence-corrected chi connectivity index (χ2v) is 5.84. The maximum Gasteiger partial charge on any atom is 0.172 e. The zero-order valence-corrected chi connectivity index (χ0v) is 14.0. The molecule has 2 aromatic rings. The molecular weight excluding hydrogens is 325 g/mol. The van der Waals surface area contributed by atoms with E-state index < -0.39 is 0 Å². The summed E-state index contributed by atoms with van der Waals surface area (Å²) in [5.74, 6) is 0.497. The number of benzene rings is 1. The largest absolute Gasteiger partial charge is 0.356 e. The Balaban J connectivity index is 2.04. The van der Waals surface area contributed by atoms with Crippen LogP contribution in [-0.2, 0) is 0 Å². The van der Waals surface area contributed by atoms with Gasteiger partial charge in [0.1, 0.15) is 0 Å². The lowest BCUT2D eigenvalue weighted by molar-refractivity contribution is 0.722.